The fourth-order valence-corrected chi connectivity index (χ4v) is 1.75. The van der Waals surface area contributed by atoms with E-state index in [4.69, 9.17) is 22.1 Å². The summed E-state index contributed by atoms with van der Waals surface area (Å²) < 4.78 is 5.17. The number of nitrogens with zero attached hydrogens (tertiary/aromatic N) is 3. The molecule has 0 radical (unpaired) electrons. The first-order valence-electron chi connectivity index (χ1n) is 5.67. The van der Waals surface area contributed by atoms with E-state index in [9.17, 15) is 4.79 Å². The minimum Gasteiger partial charge on any atom is -0.490 e. The Bertz CT molecular complexity index is 414. The number of hydrogen-bond acceptors (Lipinski definition) is 5. The lowest BCUT2D eigenvalue weighted by Crippen LogP contribution is -2.35. The van der Waals surface area contributed by atoms with E-state index in [1.54, 1.807) is 4.90 Å². The Balaban J connectivity index is 3.03. The number of primary amides is 1. The van der Waals surface area contributed by atoms with Crippen LogP contribution in [0.25, 0.3) is 0 Å². The van der Waals surface area contributed by atoms with Crippen molar-refractivity contribution < 1.29 is 9.53 Å². The average Bonchev–Trinajstić information content (AvgIpc) is 2.33. The Morgan fingerprint density at radius 2 is 2.28 bits per heavy atom. The molecule has 6 nitrogen and oxygen atoms in total. The second-order valence-corrected chi connectivity index (χ2v) is 4.12. The summed E-state index contributed by atoms with van der Waals surface area (Å²) in [5.74, 6) is 0.421. The van der Waals surface area contributed by atoms with Gasteiger partial charge in [-0.05, 0) is 6.42 Å². The van der Waals surface area contributed by atoms with E-state index < -0.39 is 5.91 Å². The molecule has 0 saturated heterocycles. The summed E-state index contributed by atoms with van der Waals surface area (Å²) in [4.78, 5) is 20.8. The van der Waals surface area contributed by atoms with Crippen molar-refractivity contribution >= 4 is 23.3 Å². The number of nitrogens with two attached hydrogens (primary N) is 1. The SMILES string of the molecule is CCCCN(CC(N)=O)c1ncnc(Cl)c1OC. The number of hydrogen-bond donors (Lipinski definition) is 1. The first-order chi connectivity index (χ1) is 8.60. The fourth-order valence-electron chi connectivity index (χ4n) is 1.54. The molecule has 1 heterocycles. The summed E-state index contributed by atoms with van der Waals surface area (Å²) in [6.45, 7) is 2.79. The smallest absolute Gasteiger partial charge is 0.237 e. The third-order valence-corrected chi connectivity index (χ3v) is 2.64. The van der Waals surface area contributed by atoms with Gasteiger partial charge in [-0.3, -0.25) is 4.79 Å². The Labute approximate surface area is 111 Å². The zero-order valence-corrected chi connectivity index (χ0v) is 11.3. The highest BCUT2D eigenvalue weighted by Gasteiger charge is 2.18. The number of aromatic nitrogens is 2. The average molecular weight is 273 g/mol. The van der Waals surface area contributed by atoms with Crippen molar-refractivity contribution in [1.29, 1.82) is 0 Å². The van der Waals surface area contributed by atoms with Crippen LogP contribution in [-0.2, 0) is 4.79 Å². The lowest BCUT2D eigenvalue weighted by molar-refractivity contribution is -0.116. The number of halogens is 1. The highest BCUT2D eigenvalue weighted by molar-refractivity contribution is 6.31. The van der Waals surface area contributed by atoms with Crippen molar-refractivity contribution in [1.82, 2.24) is 9.97 Å². The van der Waals surface area contributed by atoms with Crippen LogP contribution in [0.2, 0.25) is 5.15 Å². The van der Waals surface area contributed by atoms with E-state index in [0.717, 1.165) is 12.8 Å². The van der Waals surface area contributed by atoms with Gasteiger partial charge in [-0.15, -0.1) is 0 Å². The van der Waals surface area contributed by atoms with Gasteiger partial charge in [-0.25, -0.2) is 9.97 Å². The van der Waals surface area contributed by atoms with Crippen LogP contribution in [0.15, 0.2) is 6.33 Å². The number of amides is 1. The molecule has 0 atom stereocenters. The molecule has 18 heavy (non-hydrogen) atoms. The van der Waals surface area contributed by atoms with Crippen molar-refractivity contribution in [3.05, 3.63) is 11.5 Å². The van der Waals surface area contributed by atoms with Crippen molar-refractivity contribution in [3.63, 3.8) is 0 Å². The monoisotopic (exact) mass is 272 g/mol. The number of carbonyl (C=O) groups is 1. The van der Waals surface area contributed by atoms with Gasteiger partial charge >= 0.3 is 0 Å². The molecule has 0 aromatic carbocycles. The van der Waals surface area contributed by atoms with Gasteiger partial charge in [0, 0.05) is 6.54 Å². The van der Waals surface area contributed by atoms with Gasteiger partial charge in [-0.2, -0.15) is 0 Å². The summed E-state index contributed by atoms with van der Waals surface area (Å²) >= 11 is 5.93. The molecule has 1 amide bonds. The number of carbonyl (C=O) groups excluding carboxylic acids is 1. The maximum atomic E-state index is 11.1. The molecule has 0 saturated carbocycles. The molecule has 0 bridgehead atoms. The van der Waals surface area contributed by atoms with Crippen molar-refractivity contribution in [2.75, 3.05) is 25.1 Å². The van der Waals surface area contributed by atoms with E-state index in [0.29, 0.717) is 18.1 Å². The molecule has 1 aromatic rings. The van der Waals surface area contributed by atoms with Crippen molar-refractivity contribution in [2.24, 2.45) is 5.73 Å². The van der Waals surface area contributed by atoms with Crippen LogP contribution in [0.3, 0.4) is 0 Å². The lowest BCUT2D eigenvalue weighted by atomic mass is 10.3. The molecule has 0 spiro atoms. The normalized spacial score (nSPS) is 10.2. The Morgan fingerprint density at radius 3 is 2.83 bits per heavy atom. The molecule has 1 rings (SSSR count). The molecule has 100 valence electrons. The Hall–Kier alpha value is -1.56. The molecule has 1 aromatic heterocycles. The van der Waals surface area contributed by atoms with E-state index in [2.05, 4.69) is 16.9 Å². The van der Waals surface area contributed by atoms with Gasteiger partial charge in [0.2, 0.25) is 5.91 Å². The number of ether oxygens (including phenoxy) is 1. The quantitative estimate of drug-likeness (QED) is 0.755. The highest BCUT2D eigenvalue weighted by Crippen LogP contribution is 2.31. The van der Waals surface area contributed by atoms with Crippen LogP contribution in [0.4, 0.5) is 5.82 Å². The molecular weight excluding hydrogens is 256 g/mol. The van der Waals surface area contributed by atoms with Crippen LogP contribution in [-0.4, -0.2) is 36.1 Å². The van der Waals surface area contributed by atoms with E-state index in [1.807, 2.05) is 0 Å². The molecule has 0 fully saturated rings. The standard InChI is InChI=1S/C11H17ClN4O2/c1-3-4-5-16(6-8(13)17)11-9(18-2)10(12)14-7-15-11/h7H,3-6H2,1-2H3,(H2,13,17). The minimum atomic E-state index is -0.428. The molecule has 7 heteroatoms. The summed E-state index contributed by atoms with van der Waals surface area (Å²) in [7, 11) is 1.48. The van der Waals surface area contributed by atoms with Crippen LogP contribution in [0, 0.1) is 0 Å². The third-order valence-electron chi connectivity index (χ3n) is 2.37. The summed E-state index contributed by atoms with van der Waals surface area (Å²) in [6.07, 6.45) is 3.24. The first kappa shape index (κ1) is 14.5. The maximum Gasteiger partial charge on any atom is 0.237 e. The molecule has 2 N–H and O–H groups in total. The van der Waals surface area contributed by atoms with Gasteiger partial charge in [-0.1, -0.05) is 24.9 Å². The largest absolute Gasteiger partial charge is 0.490 e. The predicted octanol–water partition coefficient (Wildman–Crippen LogP) is 1.23. The fraction of sp³-hybridized carbons (Fsp3) is 0.545. The van der Waals surface area contributed by atoms with Gasteiger partial charge in [0.1, 0.15) is 6.33 Å². The van der Waals surface area contributed by atoms with Gasteiger partial charge < -0.3 is 15.4 Å². The van der Waals surface area contributed by atoms with Crippen LogP contribution in [0.5, 0.6) is 5.75 Å². The minimum absolute atomic E-state index is 0.0731. The van der Waals surface area contributed by atoms with E-state index in [1.165, 1.54) is 13.4 Å². The summed E-state index contributed by atoms with van der Waals surface area (Å²) in [5, 5.41) is 0.216. The van der Waals surface area contributed by atoms with Gasteiger partial charge in [0.25, 0.3) is 0 Å². The molecule has 0 unspecified atom stereocenters. The highest BCUT2D eigenvalue weighted by atomic mass is 35.5. The third kappa shape index (κ3) is 3.73. The van der Waals surface area contributed by atoms with Crippen LogP contribution >= 0.6 is 11.6 Å². The van der Waals surface area contributed by atoms with Crippen LogP contribution in [0.1, 0.15) is 19.8 Å². The van der Waals surface area contributed by atoms with Gasteiger partial charge in [0.05, 0.1) is 13.7 Å². The number of unbranched alkanes of at least 4 members (excludes halogenated alkanes) is 1. The molecule has 0 aliphatic heterocycles. The topological polar surface area (TPSA) is 81.3 Å². The van der Waals surface area contributed by atoms with Crippen LogP contribution < -0.4 is 15.4 Å². The number of rotatable bonds is 7. The summed E-state index contributed by atoms with van der Waals surface area (Å²) in [6, 6.07) is 0. The summed E-state index contributed by atoms with van der Waals surface area (Å²) in [5.41, 5.74) is 5.23. The lowest BCUT2D eigenvalue weighted by Gasteiger charge is -2.23. The zero-order chi connectivity index (χ0) is 13.5. The van der Waals surface area contributed by atoms with Gasteiger partial charge in [0.15, 0.2) is 16.7 Å². The molecule has 0 aliphatic carbocycles. The van der Waals surface area contributed by atoms with Crippen molar-refractivity contribution in [3.8, 4) is 5.75 Å². The Kier molecular flexibility index (Phi) is 5.64. The number of anilines is 1. The predicted molar refractivity (Wildman–Crippen MR) is 69.9 cm³/mol. The second-order valence-electron chi connectivity index (χ2n) is 3.76. The van der Waals surface area contributed by atoms with E-state index >= 15 is 0 Å². The van der Waals surface area contributed by atoms with E-state index in [-0.39, 0.29) is 11.7 Å². The second kappa shape index (κ2) is 7.00. The number of methoxy groups -OCH3 is 1. The zero-order valence-electron chi connectivity index (χ0n) is 10.5. The Morgan fingerprint density at radius 1 is 1.56 bits per heavy atom. The first-order valence-corrected chi connectivity index (χ1v) is 6.05. The van der Waals surface area contributed by atoms with Crippen molar-refractivity contribution in [2.45, 2.75) is 19.8 Å². The maximum absolute atomic E-state index is 11.1. The molecule has 0 aliphatic rings. The molecular formula is C11H17ClN4O2.